The quantitative estimate of drug-likeness (QED) is 0.218. The minimum absolute atomic E-state index is 0. The van der Waals surface area contributed by atoms with Crippen LogP contribution in [-0.2, 0) is 6.54 Å². The number of nitrogens with one attached hydrogen (secondary N) is 1. The Morgan fingerprint density at radius 2 is 1.67 bits per heavy atom. The molecule has 1 amide bonds. The Kier molecular flexibility index (Phi) is 8.73. The Balaban J connectivity index is 0.00000370. The predicted octanol–water partition coefficient (Wildman–Crippen LogP) is 5.41. The van der Waals surface area contributed by atoms with Gasteiger partial charge in [-0.15, -0.1) is 0 Å². The molecule has 1 aliphatic heterocycles. The zero-order chi connectivity index (χ0) is 27.0. The number of halogens is 1. The number of hydrogen-bond donors (Lipinski definition) is 2. The lowest BCUT2D eigenvalue weighted by Crippen LogP contribution is -2.47. The summed E-state index contributed by atoms with van der Waals surface area (Å²) in [5, 5.41) is 15.7. The van der Waals surface area contributed by atoms with E-state index >= 15 is 0 Å². The number of aromatic hydroxyl groups is 1. The maximum absolute atomic E-state index is 12.4. The number of carbonyl (C=O) groups is 1. The zero-order valence-electron chi connectivity index (χ0n) is 21.6. The van der Waals surface area contributed by atoms with Crippen molar-refractivity contribution < 1.29 is 16.1 Å². The first-order valence-electron chi connectivity index (χ1n) is 13.0. The number of hydrogen-bond acceptors (Lipinski definition) is 6. The van der Waals surface area contributed by atoms with Gasteiger partial charge in [-0.3, -0.25) is 14.6 Å². The molecule has 0 bridgehead atoms. The van der Waals surface area contributed by atoms with Crippen LogP contribution in [0.25, 0.3) is 10.8 Å². The van der Waals surface area contributed by atoms with Crippen LogP contribution in [0.3, 0.4) is 0 Å². The first-order valence-corrected chi connectivity index (χ1v) is 13.4. The zero-order valence-corrected chi connectivity index (χ0v) is 22.3. The van der Waals surface area contributed by atoms with Crippen molar-refractivity contribution in [1.82, 2.24) is 15.2 Å². The van der Waals surface area contributed by atoms with E-state index in [2.05, 4.69) is 50.7 Å². The Morgan fingerprint density at radius 1 is 0.949 bits per heavy atom. The number of ether oxygens (including phenoxy) is 1. The molecular formula is C31H33ClN4O3. The number of phenolic OH excluding ortho intramolecular Hbond substituents is 1. The predicted molar refractivity (Wildman–Crippen MR) is 158 cm³/mol. The molecule has 1 aliphatic rings. The number of hydrazone groups is 1. The first-order chi connectivity index (χ1) is 19.1. The largest absolute Gasteiger partial charge is 0.506 e. The van der Waals surface area contributed by atoms with Gasteiger partial charge in [0.05, 0.1) is 11.2 Å². The highest BCUT2D eigenvalue weighted by Gasteiger charge is 2.17. The lowest BCUT2D eigenvalue weighted by molar-refractivity contribution is 0.0955. The van der Waals surface area contributed by atoms with Crippen LogP contribution in [0.4, 0.5) is 0 Å². The monoisotopic (exact) mass is 544 g/mol. The van der Waals surface area contributed by atoms with Gasteiger partial charge in [0.2, 0.25) is 0 Å². The molecule has 4 aromatic carbocycles. The summed E-state index contributed by atoms with van der Waals surface area (Å²) in [6.07, 6.45) is 1.61. The fourth-order valence-electron chi connectivity index (χ4n) is 4.70. The maximum Gasteiger partial charge on any atom is 0.271 e. The average molecular weight is 545 g/mol. The van der Waals surface area contributed by atoms with Crippen molar-refractivity contribution in [3.8, 4) is 11.5 Å². The van der Waals surface area contributed by atoms with Gasteiger partial charge in [-0.2, -0.15) is 5.10 Å². The molecule has 4 aromatic rings. The van der Waals surface area contributed by atoms with Gasteiger partial charge in [0, 0.05) is 57.2 Å². The van der Waals surface area contributed by atoms with Crippen LogP contribution in [0.15, 0.2) is 90.0 Å². The van der Waals surface area contributed by atoms with Crippen LogP contribution in [0.2, 0.25) is 5.02 Å². The number of amides is 1. The highest BCUT2D eigenvalue weighted by Crippen LogP contribution is 2.28. The molecule has 0 spiro atoms. The van der Waals surface area contributed by atoms with Crippen LogP contribution < -0.4 is 10.2 Å². The van der Waals surface area contributed by atoms with Crippen molar-refractivity contribution >= 4 is 34.5 Å². The van der Waals surface area contributed by atoms with Crippen LogP contribution in [0.5, 0.6) is 11.5 Å². The molecule has 0 saturated carbocycles. The van der Waals surface area contributed by atoms with Crippen LogP contribution in [0.1, 0.15) is 22.9 Å². The molecule has 2 N–H and O–H groups in total. The Bertz CT molecular complexity index is 1460. The minimum atomic E-state index is -0.418. The lowest BCUT2D eigenvalue weighted by atomic mass is 10.0. The molecule has 5 rings (SSSR count). The van der Waals surface area contributed by atoms with Crippen LogP contribution in [0, 0.1) is 0 Å². The molecular weight excluding hydrogens is 512 g/mol. The fraction of sp³-hybridized carbons (Fsp3) is 0.226. The van der Waals surface area contributed by atoms with Crippen molar-refractivity contribution in [3.05, 3.63) is 107 Å². The number of fused-ring (bicyclic) bond motifs is 1. The molecule has 1 saturated heterocycles. The average Bonchev–Trinajstić information content (AvgIpc) is 2.97. The summed E-state index contributed by atoms with van der Waals surface area (Å²) >= 11 is 5.90. The highest BCUT2D eigenvalue weighted by atomic mass is 35.5. The summed E-state index contributed by atoms with van der Waals surface area (Å²) in [6, 6.07) is 26.8. The van der Waals surface area contributed by atoms with Gasteiger partial charge in [-0.05, 0) is 41.3 Å². The van der Waals surface area contributed by atoms with E-state index in [9.17, 15) is 9.90 Å². The summed E-state index contributed by atoms with van der Waals surface area (Å²) in [5.41, 5.74) is 5.04. The molecule has 39 heavy (non-hydrogen) atoms. The topological polar surface area (TPSA) is 77.4 Å². The van der Waals surface area contributed by atoms with Gasteiger partial charge < -0.3 is 9.84 Å². The normalized spacial score (nSPS) is 14.6. The molecule has 0 atom stereocenters. The van der Waals surface area contributed by atoms with Crippen LogP contribution >= 0.6 is 11.6 Å². The number of carbonyl (C=O) groups excluding carboxylic acids is 1. The van der Waals surface area contributed by atoms with Crippen molar-refractivity contribution in [3.63, 3.8) is 0 Å². The molecule has 1 fully saturated rings. The van der Waals surface area contributed by atoms with E-state index in [4.69, 9.17) is 16.3 Å². The summed E-state index contributed by atoms with van der Waals surface area (Å²) in [7, 11) is 0. The highest BCUT2D eigenvalue weighted by molar-refractivity contribution is 6.32. The number of nitrogens with zero attached hydrogens (tertiary/aromatic N) is 3. The van der Waals surface area contributed by atoms with Crippen molar-refractivity contribution in [2.24, 2.45) is 5.10 Å². The fourth-order valence-corrected chi connectivity index (χ4v) is 4.88. The third kappa shape index (κ3) is 6.95. The second-order valence-corrected chi connectivity index (χ2v) is 9.92. The number of piperazine rings is 1. The van der Waals surface area contributed by atoms with Crippen LogP contribution in [-0.4, -0.2) is 66.4 Å². The lowest BCUT2D eigenvalue weighted by Gasteiger charge is -2.34. The van der Waals surface area contributed by atoms with E-state index in [1.165, 1.54) is 23.8 Å². The van der Waals surface area contributed by atoms with E-state index in [-0.39, 0.29) is 12.2 Å². The van der Waals surface area contributed by atoms with E-state index in [0.29, 0.717) is 12.2 Å². The van der Waals surface area contributed by atoms with Gasteiger partial charge in [-0.25, -0.2) is 5.43 Å². The van der Waals surface area contributed by atoms with Crippen molar-refractivity contribution in [1.29, 1.82) is 0 Å². The van der Waals surface area contributed by atoms with Gasteiger partial charge in [0.25, 0.3) is 5.91 Å². The summed E-state index contributed by atoms with van der Waals surface area (Å²) in [5.74, 6) is 0.332. The van der Waals surface area contributed by atoms with Gasteiger partial charge in [0.1, 0.15) is 18.1 Å². The van der Waals surface area contributed by atoms with E-state index < -0.39 is 5.91 Å². The van der Waals surface area contributed by atoms with Crippen molar-refractivity contribution in [2.75, 3.05) is 39.3 Å². The van der Waals surface area contributed by atoms with Crippen molar-refractivity contribution in [2.45, 2.75) is 6.54 Å². The Hall–Kier alpha value is -3.91. The number of rotatable bonds is 9. The number of benzene rings is 4. The second kappa shape index (κ2) is 12.8. The number of phenols is 1. The third-order valence-corrected chi connectivity index (χ3v) is 7.18. The standard InChI is InChI=1S/C31H31ClN4O3.H2/c32-28-20-24(10-12-29(28)37)31(38)34-33-21-25-11-13-30(27-9-5-4-8-26(25)27)39-19-18-35-14-16-36(17-15-35)22-23-6-2-1-3-7-23;/h1-13,20-21,37H,14-19,22H2,(H,34,38);1H/b33-21+;. The smallest absolute Gasteiger partial charge is 0.271 e. The molecule has 8 heteroatoms. The maximum atomic E-state index is 12.4. The molecule has 0 aromatic heterocycles. The SMILES string of the molecule is O=C(N/N=C/c1ccc(OCCN2CCN(Cc3ccccc3)CC2)c2ccccc12)c1ccc(O)c(Cl)c1.[HH]. The molecule has 0 unspecified atom stereocenters. The molecule has 202 valence electrons. The van der Waals surface area contributed by atoms with Gasteiger partial charge in [-0.1, -0.05) is 66.2 Å². The third-order valence-electron chi connectivity index (χ3n) is 6.88. The molecule has 1 heterocycles. The minimum Gasteiger partial charge on any atom is -0.506 e. The van der Waals surface area contributed by atoms with Gasteiger partial charge >= 0.3 is 0 Å². The molecule has 7 nitrogen and oxygen atoms in total. The second-order valence-electron chi connectivity index (χ2n) is 9.52. The summed E-state index contributed by atoms with van der Waals surface area (Å²) in [6.45, 7) is 6.68. The van der Waals surface area contributed by atoms with E-state index in [0.717, 1.165) is 61.4 Å². The summed E-state index contributed by atoms with van der Waals surface area (Å²) in [4.78, 5) is 17.3. The van der Waals surface area contributed by atoms with E-state index in [1.807, 2.05) is 36.4 Å². The molecule has 0 aliphatic carbocycles. The Morgan fingerprint density at radius 3 is 2.44 bits per heavy atom. The summed E-state index contributed by atoms with van der Waals surface area (Å²) < 4.78 is 6.22. The van der Waals surface area contributed by atoms with Gasteiger partial charge in [0.15, 0.2) is 0 Å². The first kappa shape index (κ1) is 26.7. The van der Waals surface area contributed by atoms with E-state index in [1.54, 1.807) is 6.21 Å². The Labute approximate surface area is 234 Å². The molecule has 0 radical (unpaired) electrons.